The third-order valence-electron chi connectivity index (χ3n) is 5.23. The summed E-state index contributed by atoms with van der Waals surface area (Å²) < 4.78 is 10.0. The fourth-order valence-corrected chi connectivity index (χ4v) is 3.89. The predicted molar refractivity (Wildman–Crippen MR) is 122 cm³/mol. The first-order valence-electron chi connectivity index (χ1n) is 9.52. The third-order valence-corrected chi connectivity index (χ3v) is 5.78. The molecule has 31 heavy (non-hydrogen) atoms. The van der Waals surface area contributed by atoms with Gasteiger partial charge in [0.2, 0.25) is 0 Å². The molecular formula is C22H20Cl2N4O3. The van der Waals surface area contributed by atoms with Crippen LogP contribution in [0.1, 0.15) is 16.7 Å². The Kier molecular flexibility index (Phi) is 5.41. The topological polar surface area (TPSA) is 71.1 Å². The molecule has 0 bridgehead atoms. The number of hydrogen-bond donors (Lipinski definition) is 0. The lowest BCUT2D eigenvalue weighted by molar-refractivity contribution is 0.426. The zero-order chi connectivity index (χ0) is 22.4. The average Bonchev–Trinajstić information content (AvgIpc) is 3.04. The number of ether oxygens (including phenoxy) is 1. The van der Waals surface area contributed by atoms with E-state index >= 15 is 0 Å². The van der Waals surface area contributed by atoms with E-state index in [0.29, 0.717) is 21.4 Å². The van der Waals surface area contributed by atoms with Gasteiger partial charge in [-0.1, -0.05) is 35.3 Å². The lowest BCUT2D eigenvalue weighted by Crippen LogP contribution is -2.39. The van der Waals surface area contributed by atoms with E-state index in [1.54, 1.807) is 49.0 Å². The highest BCUT2D eigenvalue weighted by atomic mass is 35.5. The maximum atomic E-state index is 13.2. The van der Waals surface area contributed by atoms with Crippen molar-refractivity contribution in [1.82, 2.24) is 18.7 Å². The van der Waals surface area contributed by atoms with Gasteiger partial charge in [-0.2, -0.15) is 4.98 Å². The molecule has 2 aromatic carbocycles. The molecule has 7 nitrogen and oxygen atoms in total. The van der Waals surface area contributed by atoms with Gasteiger partial charge in [-0.3, -0.25) is 18.5 Å². The average molecular weight is 459 g/mol. The maximum absolute atomic E-state index is 13.2. The van der Waals surface area contributed by atoms with Crippen LogP contribution in [0.15, 0.2) is 46.0 Å². The van der Waals surface area contributed by atoms with E-state index < -0.39 is 11.2 Å². The summed E-state index contributed by atoms with van der Waals surface area (Å²) in [7, 11) is 3.28. The molecule has 0 aliphatic heterocycles. The summed E-state index contributed by atoms with van der Waals surface area (Å²) in [5, 5.41) is 1.01. The van der Waals surface area contributed by atoms with Crippen LogP contribution in [0.4, 0.5) is 0 Å². The molecule has 0 aliphatic carbocycles. The van der Waals surface area contributed by atoms with E-state index in [9.17, 15) is 9.59 Å². The van der Waals surface area contributed by atoms with Crippen molar-refractivity contribution in [2.75, 3.05) is 0 Å². The first-order valence-corrected chi connectivity index (χ1v) is 10.3. The highest BCUT2D eigenvalue weighted by molar-refractivity contribution is 6.32. The van der Waals surface area contributed by atoms with E-state index in [2.05, 4.69) is 4.98 Å². The Morgan fingerprint density at radius 2 is 1.74 bits per heavy atom. The Hall–Kier alpha value is -3.03. The fraction of sp³-hybridized carbons (Fsp3) is 0.227. The normalized spacial score (nSPS) is 11.3. The molecule has 4 rings (SSSR count). The van der Waals surface area contributed by atoms with Crippen LogP contribution < -0.4 is 16.0 Å². The SMILES string of the molecule is Cc1ccc(Cl)c(Oc2nc3c(=O)n(Cc4ccc(Cl)cc4C)c(=O)n(C)c3n2C)c1. The number of aryl methyl sites for hydroxylation is 4. The first-order chi connectivity index (χ1) is 14.7. The number of nitrogens with zero attached hydrogens (tertiary/aromatic N) is 4. The van der Waals surface area contributed by atoms with Crippen LogP contribution in [0.2, 0.25) is 10.0 Å². The molecule has 0 atom stereocenters. The van der Waals surface area contributed by atoms with Crippen molar-refractivity contribution in [3.63, 3.8) is 0 Å². The van der Waals surface area contributed by atoms with Gasteiger partial charge in [0.1, 0.15) is 5.75 Å². The van der Waals surface area contributed by atoms with Crippen LogP contribution in [0.3, 0.4) is 0 Å². The second kappa shape index (κ2) is 7.90. The number of hydrogen-bond acceptors (Lipinski definition) is 4. The zero-order valence-electron chi connectivity index (χ0n) is 17.4. The molecule has 0 saturated heterocycles. The van der Waals surface area contributed by atoms with Crippen LogP contribution >= 0.6 is 23.2 Å². The summed E-state index contributed by atoms with van der Waals surface area (Å²) in [4.78, 5) is 30.6. The van der Waals surface area contributed by atoms with Gasteiger partial charge in [-0.05, 0) is 54.8 Å². The van der Waals surface area contributed by atoms with Crippen LogP contribution in [-0.2, 0) is 20.6 Å². The second-order valence-corrected chi connectivity index (χ2v) is 8.31. The smallest absolute Gasteiger partial charge is 0.332 e. The minimum atomic E-state index is -0.492. The van der Waals surface area contributed by atoms with E-state index in [-0.39, 0.29) is 18.1 Å². The molecule has 0 saturated carbocycles. The lowest BCUT2D eigenvalue weighted by atomic mass is 10.1. The highest BCUT2D eigenvalue weighted by Crippen LogP contribution is 2.30. The Bertz CT molecular complexity index is 1450. The van der Waals surface area contributed by atoms with Gasteiger partial charge < -0.3 is 4.74 Å². The molecular weight excluding hydrogens is 439 g/mol. The molecule has 0 fully saturated rings. The van der Waals surface area contributed by atoms with E-state index in [0.717, 1.165) is 21.3 Å². The highest BCUT2D eigenvalue weighted by Gasteiger charge is 2.20. The molecule has 0 unspecified atom stereocenters. The Morgan fingerprint density at radius 3 is 2.45 bits per heavy atom. The summed E-state index contributed by atoms with van der Waals surface area (Å²) in [5.74, 6) is 0.419. The number of benzene rings is 2. The molecule has 9 heteroatoms. The molecule has 0 amide bonds. The quantitative estimate of drug-likeness (QED) is 0.459. The summed E-state index contributed by atoms with van der Waals surface area (Å²) >= 11 is 12.3. The lowest BCUT2D eigenvalue weighted by Gasteiger charge is -2.11. The number of imidazole rings is 1. The Morgan fingerprint density at radius 1 is 1.00 bits per heavy atom. The van der Waals surface area contributed by atoms with Crippen molar-refractivity contribution in [2.45, 2.75) is 20.4 Å². The number of rotatable bonds is 4. The summed E-state index contributed by atoms with van der Waals surface area (Å²) in [5.41, 5.74) is 2.23. The van der Waals surface area contributed by atoms with Gasteiger partial charge in [0.05, 0.1) is 11.6 Å². The molecule has 0 N–H and O–H groups in total. The first kappa shape index (κ1) is 21.2. The Labute approximate surface area is 188 Å². The van der Waals surface area contributed by atoms with Gasteiger partial charge >= 0.3 is 11.7 Å². The van der Waals surface area contributed by atoms with E-state index in [1.807, 2.05) is 19.9 Å². The third kappa shape index (κ3) is 3.75. The molecule has 4 aromatic rings. The maximum Gasteiger partial charge on any atom is 0.332 e. The number of halogens is 2. The van der Waals surface area contributed by atoms with Crippen molar-refractivity contribution >= 4 is 34.4 Å². The van der Waals surface area contributed by atoms with Crippen molar-refractivity contribution in [3.05, 3.63) is 84.0 Å². The largest absolute Gasteiger partial charge is 0.424 e. The second-order valence-electron chi connectivity index (χ2n) is 7.47. The molecule has 0 spiro atoms. The van der Waals surface area contributed by atoms with Crippen molar-refractivity contribution in [3.8, 4) is 11.8 Å². The van der Waals surface area contributed by atoms with Crippen molar-refractivity contribution in [1.29, 1.82) is 0 Å². The zero-order valence-corrected chi connectivity index (χ0v) is 19.0. The summed E-state index contributed by atoms with van der Waals surface area (Å²) in [6, 6.07) is 10.9. The molecule has 0 aliphatic rings. The van der Waals surface area contributed by atoms with E-state index in [1.165, 1.54) is 4.57 Å². The molecule has 0 radical (unpaired) electrons. The minimum absolute atomic E-state index is 0.112. The Balaban J connectivity index is 1.85. The van der Waals surface area contributed by atoms with Gasteiger partial charge in [-0.15, -0.1) is 0 Å². The van der Waals surface area contributed by atoms with Gasteiger partial charge in [0, 0.05) is 19.1 Å². The van der Waals surface area contributed by atoms with Crippen LogP contribution in [0.25, 0.3) is 11.2 Å². The van der Waals surface area contributed by atoms with Gasteiger partial charge in [0.15, 0.2) is 11.2 Å². The summed E-state index contributed by atoms with van der Waals surface area (Å²) in [6.45, 7) is 3.91. The standard InChI is InChI=1S/C22H20Cl2N4O3/c1-12-5-8-16(24)17(9-12)31-21-25-18-19(26(21)3)27(4)22(30)28(20(18)29)11-14-6-7-15(23)10-13(14)2/h5-10H,11H2,1-4H3. The molecule has 2 heterocycles. The molecule has 2 aromatic heterocycles. The summed E-state index contributed by atoms with van der Waals surface area (Å²) in [6.07, 6.45) is 0. The molecule has 160 valence electrons. The monoisotopic (exact) mass is 458 g/mol. The van der Waals surface area contributed by atoms with Crippen molar-refractivity contribution < 1.29 is 4.74 Å². The predicted octanol–water partition coefficient (Wildman–Crippen LogP) is 4.20. The van der Waals surface area contributed by atoms with Crippen LogP contribution in [-0.4, -0.2) is 18.7 Å². The van der Waals surface area contributed by atoms with Crippen molar-refractivity contribution in [2.24, 2.45) is 14.1 Å². The van der Waals surface area contributed by atoms with E-state index in [4.69, 9.17) is 27.9 Å². The minimum Gasteiger partial charge on any atom is -0.424 e. The fourth-order valence-electron chi connectivity index (χ4n) is 3.51. The van der Waals surface area contributed by atoms with Crippen LogP contribution in [0, 0.1) is 13.8 Å². The van der Waals surface area contributed by atoms with Crippen LogP contribution in [0.5, 0.6) is 11.8 Å². The number of aromatic nitrogens is 4. The van der Waals surface area contributed by atoms with Gasteiger partial charge in [-0.25, -0.2) is 4.79 Å². The number of fused-ring (bicyclic) bond motifs is 1. The van der Waals surface area contributed by atoms with Gasteiger partial charge in [0.25, 0.3) is 5.56 Å².